The number of nitrogens with zero attached hydrogens (tertiary/aromatic N) is 2. The molecule has 1 aromatic rings. The summed E-state index contributed by atoms with van der Waals surface area (Å²) in [7, 11) is 1.72. The molecule has 1 unspecified atom stereocenters. The lowest BCUT2D eigenvalue weighted by Gasteiger charge is -2.28. The molecule has 4 N–H and O–H groups in total. The van der Waals surface area contributed by atoms with E-state index >= 15 is 0 Å². The predicted molar refractivity (Wildman–Crippen MR) is 79.7 cm³/mol. The van der Waals surface area contributed by atoms with Gasteiger partial charge in [0.05, 0.1) is 12.4 Å². The number of likely N-dealkylation sites (tertiary alicyclic amines) is 1. The lowest BCUT2D eigenvalue weighted by Crippen LogP contribution is -2.53. The first-order chi connectivity index (χ1) is 10.5. The van der Waals surface area contributed by atoms with Crippen molar-refractivity contribution in [2.45, 2.75) is 44.5 Å². The highest BCUT2D eigenvalue weighted by atomic mass is 16.3. The minimum atomic E-state index is -0.921. The first kappa shape index (κ1) is 16.4. The first-order valence-corrected chi connectivity index (χ1v) is 7.46. The molecule has 2 heterocycles. The molecule has 122 valence electrons. The second-order valence-electron chi connectivity index (χ2n) is 5.50. The number of aliphatic hydroxyl groups excluding tert-OH is 1. The third-order valence-electron chi connectivity index (χ3n) is 3.82. The smallest absolute Gasteiger partial charge is 0.244 e. The minimum absolute atomic E-state index is 0.111. The Balaban J connectivity index is 2.03. The van der Waals surface area contributed by atoms with Crippen molar-refractivity contribution in [1.82, 2.24) is 25.5 Å². The van der Waals surface area contributed by atoms with E-state index in [-0.39, 0.29) is 11.8 Å². The fraction of sp³-hybridized carbons (Fsp3) is 0.643. The quantitative estimate of drug-likeness (QED) is 0.503. The molecule has 0 saturated carbocycles. The molecule has 0 bridgehead atoms. The standard InChI is InChI=1S/C14H23N5O3/c1-9(20)18-13(21)12-4-3-5-19(12)14(22)11(15-2)6-10-7-16-8-17-10/h7-9,11-12,15,20H,3-6H2,1-2H3,(H,16,17)(H,18,21)/t9?,11-,12-/m0/s1. The van der Waals surface area contributed by atoms with Crippen LogP contribution in [0.5, 0.6) is 0 Å². The van der Waals surface area contributed by atoms with Gasteiger partial charge >= 0.3 is 0 Å². The molecule has 1 saturated heterocycles. The van der Waals surface area contributed by atoms with Gasteiger partial charge in [-0.3, -0.25) is 9.59 Å². The summed E-state index contributed by atoms with van der Waals surface area (Å²) in [5.41, 5.74) is 0.858. The zero-order chi connectivity index (χ0) is 16.1. The molecule has 0 spiro atoms. The third-order valence-corrected chi connectivity index (χ3v) is 3.82. The summed E-state index contributed by atoms with van der Waals surface area (Å²) in [6.07, 6.45) is 4.21. The molecule has 2 amide bonds. The molecule has 2 rings (SSSR count). The summed E-state index contributed by atoms with van der Waals surface area (Å²) in [5, 5.41) is 14.7. The Morgan fingerprint density at radius 1 is 1.59 bits per heavy atom. The highest BCUT2D eigenvalue weighted by molar-refractivity contribution is 5.90. The van der Waals surface area contributed by atoms with Crippen LogP contribution in [0.2, 0.25) is 0 Å². The summed E-state index contributed by atoms with van der Waals surface area (Å²) in [5.74, 6) is -0.419. The van der Waals surface area contributed by atoms with Crippen molar-refractivity contribution >= 4 is 11.8 Å². The van der Waals surface area contributed by atoms with Gasteiger partial charge in [-0.1, -0.05) is 0 Å². The number of H-pyrrole nitrogens is 1. The number of rotatable bonds is 6. The maximum absolute atomic E-state index is 12.7. The molecular formula is C14H23N5O3. The number of aliphatic hydroxyl groups is 1. The average molecular weight is 309 g/mol. The number of aromatic nitrogens is 2. The predicted octanol–water partition coefficient (Wildman–Crippen LogP) is -1.01. The van der Waals surface area contributed by atoms with Gasteiger partial charge in [-0.25, -0.2) is 4.98 Å². The number of carbonyl (C=O) groups is 2. The van der Waals surface area contributed by atoms with E-state index in [1.54, 1.807) is 24.5 Å². The molecule has 8 nitrogen and oxygen atoms in total. The summed E-state index contributed by atoms with van der Waals surface area (Å²) >= 11 is 0. The summed E-state index contributed by atoms with van der Waals surface area (Å²) < 4.78 is 0. The van der Waals surface area contributed by atoms with Crippen molar-refractivity contribution < 1.29 is 14.7 Å². The Morgan fingerprint density at radius 3 is 2.95 bits per heavy atom. The maximum atomic E-state index is 12.7. The van der Waals surface area contributed by atoms with E-state index in [2.05, 4.69) is 20.6 Å². The molecule has 0 aliphatic carbocycles. The Labute approximate surface area is 129 Å². The van der Waals surface area contributed by atoms with Crippen molar-refractivity contribution in [3.05, 3.63) is 18.2 Å². The fourth-order valence-corrected chi connectivity index (χ4v) is 2.73. The Hall–Kier alpha value is -1.93. The number of amides is 2. The fourth-order valence-electron chi connectivity index (χ4n) is 2.73. The van der Waals surface area contributed by atoms with Crippen molar-refractivity contribution in [3.8, 4) is 0 Å². The van der Waals surface area contributed by atoms with E-state index in [0.717, 1.165) is 12.1 Å². The second kappa shape index (κ2) is 7.37. The van der Waals surface area contributed by atoms with E-state index in [9.17, 15) is 14.7 Å². The van der Waals surface area contributed by atoms with Crippen LogP contribution in [0.3, 0.4) is 0 Å². The number of imidazole rings is 1. The molecule has 3 atom stereocenters. The second-order valence-corrected chi connectivity index (χ2v) is 5.50. The molecular weight excluding hydrogens is 286 g/mol. The van der Waals surface area contributed by atoms with Gasteiger partial charge < -0.3 is 25.6 Å². The molecule has 0 radical (unpaired) electrons. The van der Waals surface area contributed by atoms with Crippen LogP contribution in [0.25, 0.3) is 0 Å². The number of likely N-dealkylation sites (N-methyl/N-ethyl adjacent to an activating group) is 1. The van der Waals surface area contributed by atoms with Crippen LogP contribution in [0.15, 0.2) is 12.5 Å². The Morgan fingerprint density at radius 2 is 2.36 bits per heavy atom. The topological polar surface area (TPSA) is 110 Å². The molecule has 1 fully saturated rings. The van der Waals surface area contributed by atoms with E-state index in [1.165, 1.54) is 6.92 Å². The van der Waals surface area contributed by atoms with Gasteiger partial charge in [0.15, 0.2) is 0 Å². The Bertz CT molecular complexity index is 503. The van der Waals surface area contributed by atoms with Crippen LogP contribution in [-0.2, 0) is 16.0 Å². The SMILES string of the molecule is CN[C@@H](Cc1cnc[nH]1)C(=O)N1CCC[C@H]1C(=O)NC(C)O. The number of hydrogen-bond donors (Lipinski definition) is 4. The molecule has 22 heavy (non-hydrogen) atoms. The van der Waals surface area contributed by atoms with Gasteiger partial charge in [-0.15, -0.1) is 0 Å². The van der Waals surface area contributed by atoms with Crippen molar-refractivity contribution in [2.24, 2.45) is 0 Å². The van der Waals surface area contributed by atoms with Crippen LogP contribution in [0.4, 0.5) is 0 Å². The number of aromatic amines is 1. The van der Waals surface area contributed by atoms with Gasteiger partial charge in [-0.05, 0) is 26.8 Å². The number of nitrogens with one attached hydrogen (secondary N) is 3. The molecule has 1 aromatic heterocycles. The lowest BCUT2D eigenvalue weighted by molar-refractivity contribution is -0.141. The molecule has 1 aliphatic heterocycles. The van der Waals surface area contributed by atoms with Gasteiger partial charge in [0.1, 0.15) is 12.3 Å². The number of hydrogen-bond acceptors (Lipinski definition) is 5. The van der Waals surface area contributed by atoms with Crippen molar-refractivity contribution in [2.75, 3.05) is 13.6 Å². The van der Waals surface area contributed by atoms with Crippen LogP contribution < -0.4 is 10.6 Å². The average Bonchev–Trinajstić information content (AvgIpc) is 3.14. The summed E-state index contributed by atoms with van der Waals surface area (Å²) in [6, 6.07) is -0.930. The van der Waals surface area contributed by atoms with Crippen LogP contribution >= 0.6 is 0 Å². The maximum Gasteiger partial charge on any atom is 0.244 e. The highest BCUT2D eigenvalue weighted by Crippen LogP contribution is 2.19. The van der Waals surface area contributed by atoms with Crippen molar-refractivity contribution in [3.63, 3.8) is 0 Å². The van der Waals surface area contributed by atoms with Crippen LogP contribution in [0.1, 0.15) is 25.5 Å². The summed E-state index contributed by atoms with van der Waals surface area (Å²) in [6.45, 7) is 2.03. The molecule has 8 heteroatoms. The van der Waals surface area contributed by atoms with E-state index in [0.29, 0.717) is 19.4 Å². The van der Waals surface area contributed by atoms with E-state index < -0.39 is 18.3 Å². The van der Waals surface area contributed by atoms with Crippen LogP contribution in [0, 0.1) is 0 Å². The van der Waals surface area contributed by atoms with E-state index in [1.807, 2.05) is 0 Å². The van der Waals surface area contributed by atoms with Crippen molar-refractivity contribution in [1.29, 1.82) is 0 Å². The minimum Gasteiger partial charge on any atom is -0.374 e. The van der Waals surface area contributed by atoms with Gasteiger partial charge in [-0.2, -0.15) is 0 Å². The highest BCUT2D eigenvalue weighted by Gasteiger charge is 2.37. The normalized spacial score (nSPS) is 20.7. The monoisotopic (exact) mass is 309 g/mol. The Kier molecular flexibility index (Phi) is 5.51. The van der Waals surface area contributed by atoms with E-state index in [4.69, 9.17) is 0 Å². The zero-order valence-electron chi connectivity index (χ0n) is 12.9. The van der Waals surface area contributed by atoms with Crippen LogP contribution in [-0.4, -0.2) is 63.7 Å². The largest absolute Gasteiger partial charge is 0.374 e. The third kappa shape index (κ3) is 3.83. The zero-order valence-corrected chi connectivity index (χ0v) is 12.9. The number of carbonyl (C=O) groups excluding carboxylic acids is 2. The van der Waals surface area contributed by atoms with Gasteiger partial charge in [0.2, 0.25) is 11.8 Å². The van der Waals surface area contributed by atoms with Gasteiger partial charge in [0.25, 0.3) is 0 Å². The van der Waals surface area contributed by atoms with Gasteiger partial charge in [0, 0.05) is 24.9 Å². The first-order valence-electron chi connectivity index (χ1n) is 7.46. The molecule has 0 aromatic carbocycles. The lowest BCUT2D eigenvalue weighted by atomic mass is 10.1. The summed E-state index contributed by atoms with van der Waals surface area (Å²) in [4.78, 5) is 33.3. The molecule has 1 aliphatic rings.